The molecule has 2 unspecified atom stereocenters. The van der Waals surface area contributed by atoms with E-state index in [2.05, 4.69) is 39.9 Å². The van der Waals surface area contributed by atoms with Crippen molar-refractivity contribution in [2.75, 3.05) is 6.54 Å². The molecule has 17 heavy (non-hydrogen) atoms. The van der Waals surface area contributed by atoms with Crippen molar-refractivity contribution >= 4 is 5.91 Å². The van der Waals surface area contributed by atoms with Gasteiger partial charge in [-0.15, -0.1) is 0 Å². The molecule has 1 fully saturated rings. The number of hydrogen-bond acceptors (Lipinski definition) is 2. The van der Waals surface area contributed by atoms with Gasteiger partial charge in [-0.25, -0.2) is 0 Å². The minimum atomic E-state index is -0.0218. The van der Waals surface area contributed by atoms with Crippen molar-refractivity contribution in [3.05, 3.63) is 0 Å². The number of nitrogens with one attached hydrogen (secondary N) is 1. The van der Waals surface area contributed by atoms with Gasteiger partial charge < -0.3 is 4.90 Å². The highest BCUT2D eigenvalue weighted by Gasteiger charge is 2.38. The van der Waals surface area contributed by atoms with Crippen LogP contribution in [-0.2, 0) is 4.79 Å². The van der Waals surface area contributed by atoms with Gasteiger partial charge in [-0.3, -0.25) is 10.1 Å². The predicted molar refractivity (Wildman–Crippen MR) is 71.6 cm³/mol. The first-order valence-corrected chi connectivity index (χ1v) is 6.83. The SMILES string of the molecule is CCC(C)(C)CN1C(=O)C(C)NC1CC(C)C. The summed E-state index contributed by atoms with van der Waals surface area (Å²) < 4.78 is 0. The van der Waals surface area contributed by atoms with Gasteiger partial charge in [0.05, 0.1) is 12.2 Å². The predicted octanol–water partition coefficient (Wildman–Crippen LogP) is 2.62. The lowest BCUT2D eigenvalue weighted by Gasteiger charge is -2.33. The molecule has 1 N–H and O–H groups in total. The quantitative estimate of drug-likeness (QED) is 0.801. The number of carbonyl (C=O) groups is 1. The molecule has 2 atom stereocenters. The molecule has 1 heterocycles. The molecule has 0 radical (unpaired) electrons. The Morgan fingerprint density at radius 2 is 2.00 bits per heavy atom. The summed E-state index contributed by atoms with van der Waals surface area (Å²) in [6, 6.07) is -0.0218. The summed E-state index contributed by atoms with van der Waals surface area (Å²) in [7, 11) is 0. The minimum Gasteiger partial charge on any atom is -0.325 e. The van der Waals surface area contributed by atoms with E-state index in [-0.39, 0.29) is 23.5 Å². The maximum Gasteiger partial charge on any atom is 0.240 e. The zero-order chi connectivity index (χ0) is 13.2. The Kier molecular flexibility index (Phi) is 4.59. The van der Waals surface area contributed by atoms with Gasteiger partial charge in [0.1, 0.15) is 0 Å². The molecule has 100 valence electrons. The molecule has 1 amide bonds. The zero-order valence-corrected chi connectivity index (χ0v) is 12.2. The van der Waals surface area contributed by atoms with E-state index >= 15 is 0 Å². The fourth-order valence-corrected chi connectivity index (χ4v) is 2.26. The highest BCUT2D eigenvalue weighted by atomic mass is 16.2. The van der Waals surface area contributed by atoms with Crippen LogP contribution in [0.2, 0.25) is 0 Å². The third-order valence-electron chi connectivity index (χ3n) is 3.72. The van der Waals surface area contributed by atoms with E-state index in [1.54, 1.807) is 0 Å². The van der Waals surface area contributed by atoms with E-state index in [4.69, 9.17) is 0 Å². The van der Waals surface area contributed by atoms with E-state index < -0.39 is 0 Å². The molecule has 1 aliphatic rings. The van der Waals surface area contributed by atoms with Crippen LogP contribution in [0.15, 0.2) is 0 Å². The first kappa shape index (κ1) is 14.5. The van der Waals surface area contributed by atoms with E-state index in [9.17, 15) is 4.79 Å². The molecule has 1 rings (SSSR count). The van der Waals surface area contributed by atoms with Crippen LogP contribution < -0.4 is 5.32 Å². The van der Waals surface area contributed by atoms with Gasteiger partial charge in [-0.2, -0.15) is 0 Å². The molecule has 0 aromatic heterocycles. The van der Waals surface area contributed by atoms with Crippen LogP contribution in [0.4, 0.5) is 0 Å². The Labute approximate surface area is 106 Å². The molecule has 0 aromatic carbocycles. The van der Waals surface area contributed by atoms with Crippen LogP contribution in [0, 0.1) is 11.3 Å². The number of amides is 1. The Morgan fingerprint density at radius 3 is 2.47 bits per heavy atom. The van der Waals surface area contributed by atoms with Crippen LogP contribution in [0.3, 0.4) is 0 Å². The maximum absolute atomic E-state index is 12.2. The third kappa shape index (κ3) is 3.70. The topological polar surface area (TPSA) is 32.3 Å². The molecular formula is C14H28N2O. The highest BCUT2D eigenvalue weighted by Crippen LogP contribution is 2.26. The van der Waals surface area contributed by atoms with Crippen molar-refractivity contribution in [3.63, 3.8) is 0 Å². The lowest BCUT2D eigenvalue weighted by Crippen LogP contribution is -2.43. The standard InChI is InChI=1S/C14H28N2O/c1-7-14(5,6)9-16-12(8-10(2)3)15-11(4)13(16)17/h10-12,15H,7-9H2,1-6H3. The van der Waals surface area contributed by atoms with Gasteiger partial charge >= 0.3 is 0 Å². The lowest BCUT2D eigenvalue weighted by atomic mass is 9.89. The second kappa shape index (κ2) is 5.38. The molecule has 1 saturated heterocycles. The van der Waals surface area contributed by atoms with Gasteiger partial charge in [-0.1, -0.05) is 34.6 Å². The summed E-state index contributed by atoms with van der Waals surface area (Å²) in [5.74, 6) is 0.870. The summed E-state index contributed by atoms with van der Waals surface area (Å²) in [4.78, 5) is 14.2. The van der Waals surface area contributed by atoms with Crippen molar-refractivity contribution in [1.82, 2.24) is 10.2 Å². The number of hydrogen-bond donors (Lipinski definition) is 1. The normalized spacial score (nSPS) is 26.1. The monoisotopic (exact) mass is 240 g/mol. The smallest absolute Gasteiger partial charge is 0.240 e. The van der Waals surface area contributed by atoms with Crippen molar-refractivity contribution < 1.29 is 4.79 Å². The summed E-state index contributed by atoms with van der Waals surface area (Å²) in [6.07, 6.45) is 2.36. The number of nitrogens with zero attached hydrogens (tertiary/aromatic N) is 1. The molecule has 3 nitrogen and oxygen atoms in total. The first-order valence-electron chi connectivity index (χ1n) is 6.83. The van der Waals surface area contributed by atoms with Crippen LogP contribution >= 0.6 is 0 Å². The van der Waals surface area contributed by atoms with E-state index in [0.717, 1.165) is 19.4 Å². The average Bonchev–Trinajstić information content (AvgIpc) is 2.45. The van der Waals surface area contributed by atoms with Crippen molar-refractivity contribution in [1.29, 1.82) is 0 Å². The molecule has 0 spiro atoms. The first-order chi connectivity index (χ1) is 7.76. The van der Waals surface area contributed by atoms with Crippen LogP contribution in [0.1, 0.15) is 54.4 Å². The molecule has 0 aliphatic carbocycles. The van der Waals surface area contributed by atoms with Crippen LogP contribution in [-0.4, -0.2) is 29.6 Å². The van der Waals surface area contributed by atoms with Crippen LogP contribution in [0.25, 0.3) is 0 Å². The Hall–Kier alpha value is -0.570. The van der Waals surface area contributed by atoms with E-state index in [1.165, 1.54) is 0 Å². The molecule has 3 heteroatoms. The van der Waals surface area contributed by atoms with Gasteiger partial charge in [0.25, 0.3) is 0 Å². The summed E-state index contributed by atoms with van der Waals surface area (Å²) in [5.41, 5.74) is 0.205. The van der Waals surface area contributed by atoms with Crippen LogP contribution in [0.5, 0.6) is 0 Å². The summed E-state index contributed by atoms with van der Waals surface area (Å²) in [5, 5.41) is 3.41. The van der Waals surface area contributed by atoms with Crippen molar-refractivity contribution in [3.8, 4) is 0 Å². The Morgan fingerprint density at radius 1 is 1.41 bits per heavy atom. The fourth-order valence-electron chi connectivity index (χ4n) is 2.26. The molecular weight excluding hydrogens is 212 g/mol. The molecule has 0 bridgehead atoms. The second-order valence-corrected chi connectivity index (χ2v) is 6.52. The fraction of sp³-hybridized carbons (Fsp3) is 0.929. The zero-order valence-electron chi connectivity index (χ0n) is 12.2. The molecule has 1 aliphatic heterocycles. The van der Waals surface area contributed by atoms with Gasteiger partial charge in [0.15, 0.2) is 0 Å². The van der Waals surface area contributed by atoms with Crippen molar-refractivity contribution in [2.24, 2.45) is 11.3 Å². The van der Waals surface area contributed by atoms with Gasteiger partial charge in [0, 0.05) is 6.54 Å². The molecule has 0 aromatic rings. The summed E-state index contributed by atoms with van der Waals surface area (Å²) >= 11 is 0. The lowest BCUT2D eigenvalue weighted by molar-refractivity contribution is -0.131. The van der Waals surface area contributed by atoms with Crippen molar-refractivity contribution in [2.45, 2.75) is 66.6 Å². The third-order valence-corrected chi connectivity index (χ3v) is 3.72. The number of carbonyl (C=O) groups excluding carboxylic acids is 1. The average molecular weight is 240 g/mol. The van der Waals surface area contributed by atoms with Gasteiger partial charge in [0.2, 0.25) is 5.91 Å². The molecule has 0 saturated carbocycles. The summed E-state index contributed by atoms with van der Waals surface area (Å²) in [6.45, 7) is 13.9. The Bertz CT molecular complexity index is 273. The van der Waals surface area contributed by atoms with E-state index in [1.807, 2.05) is 11.8 Å². The number of rotatable bonds is 5. The minimum absolute atomic E-state index is 0.0218. The Balaban J connectivity index is 2.74. The second-order valence-electron chi connectivity index (χ2n) is 6.52. The largest absolute Gasteiger partial charge is 0.325 e. The van der Waals surface area contributed by atoms with E-state index in [0.29, 0.717) is 5.92 Å². The van der Waals surface area contributed by atoms with Gasteiger partial charge in [-0.05, 0) is 31.1 Å². The maximum atomic E-state index is 12.2. The highest BCUT2D eigenvalue weighted by molar-refractivity contribution is 5.83.